The van der Waals surface area contributed by atoms with Gasteiger partial charge in [-0.1, -0.05) is 0 Å². The van der Waals surface area contributed by atoms with Crippen LogP contribution in [0.2, 0.25) is 0 Å². The molecule has 2 aromatic carbocycles. The molecule has 0 aliphatic carbocycles. The van der Waals surface area contributed by atoms with Gasteiger partial charge < -0.3 is 0 Å². The topological polar surface area (TPSA) is 44.2 Å². The van der Waals surface area contributed by atoms with E-state index < -0.39 is 25.1 Å². The fourth-order valence-corrected chi connectivity index (χ4v) is 4.69. The molecule has 0 aliphatic heterocycles. The summed E-state index contributed by atoms with van der Waals surface area (Å²) in [6.45, 7) is 0. The molecule has 7 heteroatoms. The van der Waals surface area contributed by atoms with Gasteiger partial charge in [-0.25, -0.2) is 0 Å². The predicted octanol–water partition coefficient (Wildman–Crippen LogP) is 4.35. The zero-order valence-corrected chi connectivity index (χ0v) is 18.6. The van der Waals surface area contributed by atoms with E-state index in [1.54, 1.807) is 0 Å². The van der Waals surface area contributed by atoms with Crippen LogP contribution in [0.1, 0.15) is 0 Å². The Morgan fingerprint density at radius 2 is 1.12 bits per heavy atom. The fourth-order valence-electron chi connectivity index (χ4n) is 2.45. The molecular formula is C18H12N2O2PbS2. The first-order chi connectivity index (χ1) is 12.2. The summed E-state index contributed by atoms with van der Waals surface area (Å²) < 4.78 is 11.6. The Kier molecular flexibility index (Phi) is 5.00. The molecule has 0 N–H and O–H groups in total. The summed E-state index contributed by atoms with van der Waals surface area (Å²) in [5.74, 6) is 1.13. The van der Waals surface area contributed by atoms with E-state index in [-0.39, 0.29) is 0 Å². The van der Waals surface area contributed by atoms with Crippen LogP contribution in [0.15, 0.2) is 70.5 Å². The number of para-hydroxylation sites is 2. The average molecular weight is 560 g/mol. The zero-order chi connectivity index (χ0) is 17.2. The SMILES string of the molecule is Sc1cccc2ccc([O][Pb][O]c3ccc4cccc(S)c4n3)nc12. The van der Waals surface area contributed by atoms with Crippen LogP contribution in [0.25, 0.3) is 21.8 Å². The average Bonchev–Trinajstić information content (AvgIpc) is 2.63. The molecule has 2 heterocycles. The molecule has 0 amide bonds. The van der Waals surface area contributed by atoms with Crippen LogP contribution in [0.5, 0.6) is 11.8 Å². The van der Waals surface area contributed by atoms with Gasteiger partial charge in [-0.2, -0.15) is 0 Å². The molecule has 4 rings (SSSR count). The van der Waals surface area contributed by atoms with Crippen molar-refractivity contribution in [3.05, 3.63) is 60.7 Å². The summed E-state index contributed by atoms with van der Waals surface area (Å²) in [4.78, 5) is 10.7. The Hall–Kier alpha value is -1.52. The quantitative estimate of drug-likeness (QED) is 0.288. The standard InChI is InChI=1S/2C9H7NOS.Pb/c2*11-8-5-4-6-2-1-3-7(12)9(6)10-8;/h2*1-5,12H,(H,10,11);/q;;+2/p-2. The van der Waals surface area contributed by atoms with E-state index in [9.17, 15) is 0 Å². The van der Waals surface area contributed by atoms with E-state index in [1.807, 2.05) is 60.7 Å². The molecular weight excluding hydrogens is 548 g/mol. The van der Waals surface area contributed by atoms with Crippen molar-refractivity contribution < 1.29 is 5.37 Å². The van der Waals surface area contributed by atoms with Gasteiger partial charge in [0.1, 0.15) is 0 Å². The second-order valence-corrected chi connectivity index (χ2v) is 8.48. The minimum absolute atomic E-state index is 0.563. The molecule has 0 atom stereocenters. The number of fused-ring (bicyclic) bond motifs is 2. The van der Waals surface area contributed by atoms with E-state index in [0.29, 0.717) is 11.8 Å². The van der Waals surface area contributed by atoms with Gasteiger partial charge in [0.25, 0.3) is 0 Å². The van der Waals surface area contributed by atoms with Crippen molar-refractivity contribution >= 4 is 72.2 Å². The Balaban J connectivity index is 1.49. The maximum atomic E-state index is 5.78. The molecule has 122 valence electrons. The van der Waals surface area contributed by atoms with Crippen LogP contribution in [0.3, 0.4) is 0 Å². The first-order valence-corrected chi connectivity index (χ1v) is 11.5. The van der Waals surface area contributed by atoms with Gasteiger partial charge in [0, 0.05) is 0 Å². The third kappa shape index (κ3) is 3.70. The van der Waals surface area contributed by atoms with E-state index in [4.69, 9.17) is 5.37 Å². The predicted molar refractivity (Wildman–Crippen MR) is 105 cm³/mol. The summed E-state index contributed by atoms with van der Waals surface area (Å²) >= 11 is 7.03. The molecule has 2 radical (unpaired) electrons. The molecule has 0 bridgehead atoms. The third-order valence-electron chi connectivity index (χ3n) is 3.64. The van der Waals surface area contributed by atoms with Gasteiger partial charge in [-0.3, -0.25) is 0 Å². The number of rotatable bonds is 4. The van der Waals surface area contributed by atoms with Crippen LogP contribution >= 0.6 is 25.3 Å². The normalized spacial score (nSPS) is 11.0. The number of pyridine rings is 2. The summed E-state index contributed by atoms with van der Waals surface area (Å²) in [6, 6.07) is 19.4. The van der Waals surface area contributed by atoms with Crippen molar-refractivity contribution in [1.82, 2.24) is 9.97 Å². The summed E-state index contributed by atoms with van der Waals surface area (Å²) in [5, 5.41) is 2.07. The monoisotopic (exact) mass is 560 g/mol. The minimum atomic E-state index is -1.85. The summed E-state index contributed by atoms with van der Waals surface area (Å²) in [6.07, 6.45) is 0. The van der Waals surface area contributed by atoms with E-state index in [0.717, 1.165) is 31.6 Å². The van der Waals surface area contributed by atoms with Gasteiger partial charge in [-0.15, -0.1) is 0 Å². The zero-order valence-electron chi connectivity index (χ0n) is 12.9. The fraction of sp³-hybridized carbons (Fsp3) is 0. The van der Waals surface area contributed by atoms with Gasteiger partial charge in [-0.05, 0) is 0 Å². The van der Waals surface area contributed by atoms with Gasteiger partial charge in [0.05, 0.1) is 0 Å². The van der Waals surface area contributed by atoms with Crippen molar-refractivity contribution in [2.45, 2.75) is 9.79 Å². The number of nitrogens with zero attached hydrogens (tertiary/aromatic N) is 2. The van der Waals surface area contributed by atoms with Crippen molar-refractivity contribution in [1.29, 1.82) is 0 Å². The first-order valence-electron chi connectivity index (χ1n) is 7.47. The Labute approximate surface area is 168 Å². The van der Waals surface area contributed by atoms with Crippen molar-refractivity contribution in [3.8, 4) is 11.8 Å². The van der Waals surface area contributed by atoms with Crippen LogP contribution in [-0.4, -0.2) is 35.1 Å². The summed E-state index contributed by atoms with van der Waals surface area (Å²) in [5.41, 5.74) is 1.66. The van der Waals surface area contributed by atoms with Crippen LogP contribution in [0, 0.1) is 0 Å². The van der Waals surface area contributed by atoms with Crippen LogP contribution < -0.4 is 5.37 Å². The molecule has 0 spiro atoms. The van der Waals surface area contributed by atoms with Gasteiger partial charge >= 0.3 is 170 Å². The number of benzene rings is 2. The molecule has 4 nitrogen and oxygen atoms in total. The Morgan fingerprint density at radius 3 is 1.60 bits per heavy atom. The maximum absolute atomic E-state index is 5.78. The molecule has 2 aromatic heterocycles. The molecule has 0 saturated heterocycles. The van der Waals surface area contributed by atoms with Gasteiger partial charge in [0.15, 0.2) is 0 Å². The van der Waals surface area contributed by atoms with Crippen LogP contribution in [0.4, 0.5) is 0 Å². The second-order valence-electron chi connectivity index (χ2n) is 5.28. The number of aromatic nitrogens is 2. The van der Waals surface area contributed by atoms with E-state index >= 15 is 0 Å². The number of hydrogen-bond acceptors (Lipinski definition) is 6. The Morgan fingerprint density at radius 1 is 0.640 bits per heavy atom. The molecule has 0 aliphatic rings. The molecule has 0 fully saturated rings. The number of thiol groups is 2. The molecule has 0 unspecified atom stereocenters. The molecule has 25 heavy (non-hydrogen) atoms. The van der Waals surface area contributed by atoms with Gasteiger partial charge in [0.2, 0.25) is 0 Å². The van der Waals surface area contributed by atoms with Crippen molar-refractivity contribution in [3.63, 3.8) is 0 Å². The first kappa shape index (κ1) is 16.9. The second kappa shape index (κ2) is 7.38. The molecule has 0 saturated carbocycles. The van der Waals surface area contributed by atoms with E-state index in [2.05, 4.69) is 35.2 Å². The summed E-state index contributed by atoms with van der Waals surface area (Å²) in [7, 11) is 0. The Bertz CT molecular complexity index is 990. The van der Waals surface area contributed by atoms with E-state index in [1.165, 1.54) is 0 Å². The van der Waals surface area contributed by atoms with Crippen LogP contribution in [-0.2, 0) is 0 Å². The third-order valence-corrected chi connectivity index (χ3v) is 6.63. The van der Waals surface area contributed by atoms with Crippen molar-refractivity contribution in [2.75, 3.05) is 0 Å². The molecule has 4 aromatic rings. The number of hydrogen-bond donors (Lipinski definition) is 2. The van der Waals surface area contributed by atoms with Crippen molar-refractivity contribution in [2.24, 2.45) is 0 Å².